The van der Waals surface area contributed by atoms with Crippen LogP contribution in [-0.4, -0.2) is 13.5 Å². The molecule has 0 unspecified atom stereocenters. The molecule has 3 nitrogen and oxygen atoms in total. The van der Waals surface area contributed by atoms with Crippen molar-refractivity contribution < 1.29 is 0 Å². The van der Waals surface area contributed by atoms with E-state index < -0.39 is 0 Å². The van der Waals surface area contributed by atoms with Gasteiger partial charge in [-0.3, -0.25) is 0 Å². The summed E-state index contributed by atoms with van der Waals surface area (Å²) in [6.45, 7) is 0. The van der Waals surface area contributed by atoms with Crippen molar-refractivity contribution in [2.45, 2.75) is 0 Å². The van der Waals surface area contributed by atoms with Crippen molar-refractivity contribution in [2.24, 2.45) is 0 Å². The van der Waals surface area contributed by atoms with Crippen LogP contribution in [0.15, 0.2) is 176 Å². The third kappa shape index (κ3) is 3.52. The first-order valence-electron chi connectivity index (χ1n) is 17.6. The van der Waals surface area contributed by atoms with Crippen LogP contribution in [0.4, 0.5) is 0 Å². The minimum Gasteiger partial charge on any atom is -0.309 e. The maximum atomic E-state index is 2.51. The zero-order valence-corrected chi connectivity index (χ0v) is 27.6. The number of fused-ring (bicyclic) bond motifs is 8. The van der Waals surface area contributed by atoms with Gasteiger partial charge < -0.3 is 13.5 Å². The van der Waals surface area contributed by atoms with E-state index in [1.54, 1.807) is 0 Å². The number of nitrogens with zero attached hydrogens (tertiary/aromatic N) is 3. The summed E-state index contributed by atoms with van der Waals surface area (Å²) in [5.41, 5.74) is 13.4. The second kappa shape index (κ2) is 9.87. The van der Waals surface area contributed by atoms with Crippen LogP contribution in [0.1, 0.15) is 0 Å². The molecule has 0 spiro atoms. The molecular weight excluding hydrogens is 619 g/mol. The zero-order chi connectivity index (χ0) is 33.2. The number of para-hydroxylation sites is 3. The molecule has 12 rings (SSSR count). The maximum Gasteiger partial charge on any atom is 0.0619 e. The Morgan fingerprint density at radius 2 is 0.784 bits per heavy atom. The smallest absolute Gasteiger partial charge is 0.0619 e. The molecule has 0 saturated heterocycles. The van der Waals surface area contributed by atoms with Gasteiger partial charge in [0, 0.05) is 49.1 Å². The van der Waals surface area contributed by atoms with Crippen LogP contribution in [0.5, 0.6) is 0 Å². The molecule has 12 aromatic rings. The van der Waals surface area contributed by atoms with Crippen LogP contribution in [0.2, 0.25) is 0 Å². The lowest BCUT2D eigenvalue weighted by Crippen LogP contribution is -1.96. The van der Waals surface area contributed by atoms with Gasteiger partial charge in [-0.1, -0.05) is 115 Å². The van der Waals surface area contributed by atoms with E-state index in [1.165, 1.54) is 92.8 Å². The molecule has 236 valence electrons. The lowest BCUT2D eigenvalue weighted by atomic mass is 10.0. The summed E-state index contributed by atoms with van der Waals surface area (Å²) in [4.78, 5) is 0. The average molecular weight is 648 g/mol. The molecule has 4 aromatic heterocycles. The van der Waals surface area contributed by atoms with Gasteiger partial charge >= 0.3 is 0 Å². The fraction of sp³-hybridized carbons (Fsp3) is 0. The molecule has 0 atom stereocenters. The summed E-state index contributed by atoms with van der Waals surface area (Å²) in [5.74, 6) is 0. The quantitative estimate of drug-likeness (QED) is 0.181. The number of benzene rings is 8. The topological polar surface area (TPSA) is 14.3 Å². The summed E-state index contributed by atoms with van der Waals surface area (Å²) < 4.78 is 7.39. The second-order valence-corrected chi connectivity index (χ2v) is 13.7. The van der Waals surface area contributed by atoms with Crippen LogP contribution in [0, 0.1) is 0 Å². The number of hydrogen-bond donors (Lipinski definition) is 0. The molecule has 0 N–H and O–H groups in total. The lowest BCUT2D eigenvalue weighted by Gasteiger charge is -2.11. The molecule has 51 heavy (non-hydrogen) atoms. The first kappa shape index (κ1) is 27.0. The second-order valence-electron chi connectivity index (χ2n) is 13.7. The minimum atomic E-state index is 1.16. The predicted molar refractivity (Wildman–Crippen MR) is 215 cm³/mol. The van der Waals surface area contributed by atoms with E-state index in [9.17, 15) is 0 Å². The molecular formula is C48H29N3. The van der Waals surface area contributed by atoms with E-state index in [0.717, 1.165) is 11.4 Å². The van der Waals surface area contributed by atoms with Crippen LogP contribution in [0.25, 0.3) is 104 Å². The van der Waals surface area contributed by atoms with Gasteiger partial charge in [-0.2, -0.15) is 0 Å². The monoisotopic (exact) mass is 647 g/mol. The predicted octanol–water partition coefficient (Wildman–Crippen LogP) is 12.7. The number of rotatable bonds is 3. The molecule has 0 fully saturated rings. The Labute approximate surface area is 292 Å². The van der Waals surface area contributed by atoms with Gasteiger partial charge in [0.15, 0.2) is 0 Å². The zero-order valence-electron chi connectivity index (χ0n) is 27.6. The van der Waals surface area contributed by atoms with Crippen molar-refractivity contribution in [1.82, 2.24) is 13.5 Å². The van der Waals surface area contributed by atoms with Crippen molar-refractivity contribution in [3.8, 4) is 22.5 Å². The van der Waals surface area contributed by atoms with Crippen molar-refractivity contribution in [2.75, 3.05) is 0 Å². The Hall–Kier alpha value is -6.84. The van der Waals surface area contributed by atoms with Crippen LogP contribution in [0.3, 0.4) is 0 Å². The largest absolute Gasteiger partial charge is 0.309 e. The molecule has 4 heterocycles. The van der Waals surface area contributed by atoms with E-state index in [4.69, 9.17) is 0 Å². The number of hydrogen-bond acceptors (Lipinski definition) is 0. The van der Waals surface area contributed by atoms with Gasteiger partial charge in [0.05, 0.1) is 38.6 Å². The first-order valence-corrected chi connectivity index (χ1v) is 17.6. The molecule has 3 heteroatoms. The van der Waals surface area contributed by atoms with Gasteiger partial charge in [0.25, 0.3) is 0 Å². The van der Waals surface area contributed by atoms with Crippen LogP contribution >= 0.6 is 0 Å². The Balaban J connectivity index is 1.15. The van der Waals surface area contributed by atoms with Crippen molar-refractivity contribution in [3.63, 3.8) is 0 Å². The fourth-order valence-electron chi connectivity index (χ4n) is 9.08. The Morgan fingerprint density at radius 3 is 1.61 bits per heavy atom. The summed E-state index contributed by atoms with van der Waals surface area (Å²) in [7, 11) is 0. The van der Waals surface area contributed by atoms with Gasteiger partial charge in [0.1, 0.15) is 0 Å². The van der Waals surface area contributed by atoms with Crippen molar-refractivity contribution in [1.29, 1.82) is 0 Å². The van der Waals surface area contributed by atoms with Gasteiger partial charge in [-0.05, 0) is 77.2 Å². The highest BCUT2D eigenvalue weighted by Gasteiger charge is 2.22. The molecule has 0 aliphatic carbocycles. The van der Waals surface area contributed by atoms with Gasteiger partial charge in [-0.15, -0.1) is 0 Å². The van der Waals surface area contributed by atoms with E-state index >= 15 is 0 Å². The Bertz CT molecular complexity index is 3340. The standard InChI is InChI=1S/C48H29N3/c1-2-11-30(12-3-1)31-23-25-32(26-24-31)49-40-18-6-5-14-35(40)39-29-33(27-28-42(39)49)50-43-20-9-15-36-38-17-8-16-37-34-13-4-7-19-41(34)51(48(37)38)45-22-10-21-44(50)47(45)46(36)43/h1-29H. The SMILES string of the molecule is c1ccc(-c2ccc(-n3c4ccccc4c4cc(-n5c6cccc7c8cccc9c%10ccccc%10n(c%10cccc5c%10c76)c89)ccc43)cc2)cc1. The van der Waals surface area contributed by atoms with E-state index in [-0.39, 0.29) is 0 Å². The fourth-order valence-corrected chi connectivity index (χ4v) is 9.08. The third-order valence-corrected chi connectivity index (χ3v) is 11.2. The van der Waals surface area contributed by atoms with E-state index in [1.807, 2.05) is 0 Å². The van der Waals surface area contributed by atoms with E-state index in [2.05, 4.69) is 189 Å². The molecule has 0 radical (unpaired) electrons. The van der Waals surface area contributed by atoms with Crippen molar-refractivity contribution >= 4 is 81.7 Å². The average Bonchev–Trinajstić information content (AvgIpc) is 3.81. The molecule has 0 amide bonds. The lowest BCUT2D eigenvalue weighted by molar-refractivity contribution is 1.17. The Kier molecular flexibility index (Phi) is 5.23. The molecule has 8 aromatic carbocycles. The van der Waals surface area contributed by atoms with Crippen LogP contribution < -0.4 is 0 Å². The van der Waals surface area contributed by atoms with Gasteiger partial charge in [-0.25, -0.2) is 0 Å². The third-order valence-electron chi connectivity index (χ3n) is 11.2. The summed E-state index contributed by atoms with van der Waals surface area (Å²) in [6.07, 6.45) is 0. The highest BCUT2D eigenvalue weighted by molar-refractivity contribution is 6.31. The summed E-state index contributed by atoms with van der Waals surface area (Å²) in [6, 6.07) is 64.7. The summed E-state index contributed by atoms with van der Waals surface area (Å²) in [5, 5.41) is 10.2. The Morgan fingerprint density at radius 1 is 0.275 bits per heavy atom. The molecule has 0 saturated carbocycles. The minimum absolute atomic E-state index is 1.16. The first-order chi connectivity index (χ1) is 25.3. The highest BCUT2D eigenvalue weighted by Crippen LogP contribution is 2.44. The summed E-state index contributed by atoms with van der Waals surface area (Å²) >= 11 is 0. The highest BCUT2D eigenvalue weighted by atomic mass is 15.0. The molecule has 0 aliphatic rings. The van der Waals surface area contributed by atoms with Crippen LogP contribution in [-0.2, 0) is 0 Å². The molecule has 0 aliphatic heterocycles. The van der Waals surface area contributed by atoms with E-state index in [0.29, 0.717) is 0 Å². The van der Waals surface area contributed by atoms with Gasteiger partial charge in [0.2, 0.25) is 0 Å². The molecule has 0 bridgehead atoms. The maximum absolute atomic E-state index is 2.51. The number of aromatic nitrogens is 3. The normalized spacial score (nSPS) is 12.3. The van der Waals surface area contributed by atoms with Crippen molar-refractivity contribution in [3.05, 3.63) is 176 Å².